The molecule has 0 bridgehead atoms. The van der Waals surface area contributed by atoms with E-state index in [1.165, 1.54) is 0 Å². The van der Waals surface area contributed by atoms with Crippen LogP contribution in [-0.4, -0.2) is 34.4 Å². The smallest absolute Gasteiger partial charge is 0.338 e. The number of rotatable bonds is 10. The predicted molar refractivity (Wildman–Crippen MR) is 121 cm³/mol. The lowest BCUT2D eigenvalue weighted by atomic mass is 10.1. The fourth-order valence-electron chi connectivity index (χ4n) is 2.70. The van der Waals surface area contributed by atoms with E-state index in [0.717, 1.165) is 35.1 Å². The second-order valence-corrected chi connectivity index (χ2v) is 7.93. The average Bonchev–Trinajstić information content (AvgIpc) is 3.25. The summed E-state index contributed by atoms with van der Waals surface area (Å²) >= 11 is 1.12. The molecule has 1 amide bonds. The van der Waals surface area contributed by atoms with Gasteiger partial charge in [0.1, 0.15) is 5.75 Å². The fraction of sp³-hybridized carbons (Fsp3) is 0.304. The molecule has 0 radical (unpaired) electrons. The zero-order valence-corrected chi connectivity index (χ0v) is 19.0. The summed E-state index contributed by atoms with van der Waals surface area (Å²) < 4.78 is 16.4. The number of benzene rings is 2. The minimum atomic E-state index is -0.418. The molecule has 0 aliphatic heterocycles. The number of carbonyl (C=O) groups is 2. The Balaban J connectivity index is 1.48. The molecule has 0 unspecified atom stereocenters. The molecule has 0 fully saturated rings. The molecule has 2 aromatic carbocycles. The molecule has 1 N–H and O–H groups in total. The maximum absolute atomic E-state index is 12.3. The van der Waals surface area contributed by atoms with Gasteiger partial charge in [-0.25, -0.2) is 4.79 Å². The third-order valence-electron chi connectivity index (χ3n) is 4.50. The van der Waals surface area contributed by atoms with Gasteiger partial charge in [-0.2, -0.15) is 0 Å². The number of ether oxygens (including phenoxy) is 2. The van der Waals surface area contributed by atoms with Crippen LogP contribution in [0.25, 0.3) is 0 Å². The van der Waals surface area contributed by atoms with Crippen molar-refractivity contribution in [1.29, 1.82) is 0 Å². The average molecular weight is 456 g/mol. The van der Waals surface area contributed by atoms with Crippen molar-refractivity contribution in [2.75, 3.05) is 17.7 Å². The number of hydrogen-bond donors (Lipinski definition) is 1. The number of carbonyl (C=O) groups excluding carboxylic acids is 2. The van der Waals surface area contributed by atoms with Crippen molar-refractivity contribution in [1.82, 2.24) is 10.2 Å². The van der Waals surface area contributed by atoms with E-state index < -0.39 is 5.97 Å². The SMILES string of the molecule is CCCOC(=O)c1cccc(NC(=O)CSc2nnc(COc3cccc(C)c3C)o2)c1. The topological polar surface area (TPSA) is 104 Å². The number of esters is 1. The molecular formula is C23H25N3O5S. The van der Waals surface area contributed by atoms with Crippen molar-refractivity contribution < 1.29 is 23.5 Å². The maximum atomic E-state index is 12.3. The molecule has 0 spiro atoms. The molecule has 0 saturated heterocycles. The highest BCUT2D eigenvalue weighted by molar-refractivity contribution is 7.99. The lowest BCUT2D eigenvalue weighted by Gasteiger charge is -2.08. The van der Waals surface area contributed by atoms with Crippen molar-refractivity contribution in [3.63, 3.8) is 0 Å². The van der Waals surface area contributed by atoms with Gasteiger partial charge in [0.15, 0.2) is 6.61 Å². The molecule has 8 nitrogen and oxygen atoms in total. The van der Waals surface area contributed by atoms with Gasteiger partial charge in [-0.15, -0.1) is 10.2 Å². The Kier molecular flexibility index (Phi) is 8.27. The highest BCUT2D eigenvalue weighted by Gasteiger charge is 2.13. The van der Waals surface area contributed by atoms with Crippen molar-refractivity contribution in [2.45, 2.75) is 39.0 Å². The number of aryl methyl sites for hydroxylation is 1. The molecule has 168 valence electrons. The molecule has 1 heterocycles. The standard InChI is InChI=1S/C23H25N3O5S/c1-4-11-29-22(28)17-8-6-9-18(12-17)24-20(27)14-32-23-26-25-21(31-23)13-30-19-10-5-7-15(2)16(19)3/h5-10,12H,4,11,13-14H2,1-3H3,(H,24,27). The first-order valence-electron chi connectivity index (χ1n) is 10.2. The van der Waals surface area contributed by atoms with E-state index in [2.05, 4.69) is 15.5 Å². The van der Waals surface area contributed by atoms with Crippen LogP contribution in [0.15, 0.2) is 52.1 Å². The van der Waals surface area contributed by atoms with Crippen LogP contribution in [0.2, 0.25) is 0 Å². The quantitative estimate of drug-likeness (QED) is 0.350. The largest absolute Gasteiger partial charge is 0.484 e. The number of hydrogen-bond acceptors (Lipinski definition) is 8. The van der Waals surface area contributed by atoms with Gasteiger partial charge in [0.05, 0.1) is 17.9 Å². The minimum Gasteiger partial charge on any atom is -0.484 e. The van der Waals surface area contributed by atoms with Gasteiger partial charge in [0.2, 0.25) is 5.91 Å². The van der Waals surface area contributed by atoms with Crippen molar-refractivity contribution >= 4 is 29.3 Å². The number of thioether (sulfide) groups is 1. The molecule has 0 aliphatic rings. The summed E-state index contributed by atoms with van der Waals surface area (Å²) in [6.07, 6.45) is 0.745. The fourth-order valence-corrected chi connectivity index (χ4v) is 3.28. The van der Waals surface area contributed by atoms with Crippen molar-refractivity contribution in [3.05, 3.63) is 65.0 Å². The molecule has 0 atom stereocenters. The lowest BCUT2D eigenvalue weighted by molar-refractivity contribution is -0.113. The first-order chi connectivity index (χ1) is 15.5. The van der Waals surface area contributed by atoms with Crippen molar-refractivity contribution in [3.8, 4) is 5.75 Å². The molecule has 3 rings (SSSR count). The Bertz CT molecular complexity index is 1080. The molecule has 0 saturated carbocycles. The van der Waals surface area contributed by atoms with Crippen LogP contribution in [0, 0.1) is 13.8 Å². The lowest BCUT2D eigenvalue weighted by Crippen LogP contribution is -2.14. The second kappa shape index (κ2) is 11.3. The Morgan fingerprint density at radius 2 is 1.94 bits per heavy atom. The predicted octanol–water partition coefficient (Wildman–Crippen LogP) is 4.56. The third-order valence-corrected chi connectivity index (χ3v) is 5.32. The zero-order chi connectivity index (χ0) is 22.9. The van der Waals surface area contributed by atoms with Crippen LogP contribution < -0.4 is 10.1 Å². The molecule has 9 heteroatoms. The Morgan fingerprint density at radius 1 is 1.12 bits per heavy atom. The van der Waals surface area contributed by atoms with Crippen LogP contribution in [-0.2, 0) is 16.1 Å². The number of aromatic nitrogens is 2. The number of amides is 1. The Labute approximate surface area is 190 Å². The van der Waals surface area contributed by atoms with Crippen molar-refractivity contribution in [2.24, 2.45) is 0 Å². The maximum Gasteiger partial charge on any atom is 0.338 e. The minimum absolute atomic E-state index is 0.0734. The highest BCUT2D eigenvalue weighted by atomic mass is 32.2. The van der Waals surface area contributed by atoms with E-state index in [-0.39, 0.29) is 23.5 Å². The van der Waals surface area contributed by atoms with Crippen LogP contribution >= 0.6 is 11.8 Å². The second-order valence-electron chi connectivity index (χ2n) is 7.00. The van der Waals surface area contributed by atoms with E-state index in [4.69, 9.17) is 13.9 Å². The van der Waals surface area contributed by atoms with Gasteiger partial charge < -0.3 is 19.2 Å². The monoisotopic (exact) mass is 455 g/mol. The van der Waals surface area contributed by atoms with Crippen LogP contribution in [0.4, 0.5) is 5.69 Å². The summed E-state index contributed by atoms with van der Waals surface area (Å²) in [7, 11) is 0. The molecule has 0 aliphatic carbocycles. The van der Waals surface area contributed by atoms with E-state index in [9.17, 15) is 9.59 Å². The summed E-state index contributed by atoms with van der Waals surface area (Å²) in [4.78, 5) is 24.2. The molecule has 3 aromatic rings. The van der Waals surface area contributed by atoms with E-state index in [1.807, 2.05) is 39.0 Å². The van der Waals surface area contributed by atoms with Gasteiger partial charge in [-0.3, -0.25) is 4.79 Å². The van der Waals surface area contributed by atoms with Gasteiger partial charge in [-0.05, 0) is 55.7 Å². The van der Waals surface area contributed by atoms with E-state index in [1.54, 1.807) is 24.3 Å². The Hall–Kier alpha value is -3.33. The van der Waals surface area contributed by atoms with Gasteiger partial charge in [0, 0.05) is 5.69 Å². The highest BCUT2D eigenvalue weighted by Crippen LogP contribution is 2.22. The normalized spacial score (nSPS) is 10.6. The summed E-state index contributed by atoms with van der Waals surface area (Å²) in [6, 6.07) is 12.4. The van der Waals surface area contributed by atoms with Crippen LogP contribution in [0.3, 0.4) is 0 Å². The third kappa shape index (κ3) is 6.58. The number of nitrogens with one attached hydrogen (secondary N) is 1. The summed E-state index contributed by atoms with van der Waals surface area (Å²) in [5.74, 6) is 0.480. The number of anilines is 1. The van der Waals surface area contributed by atoms with Crippen LogP contribution in [0.1, 0.15) is 40.7 Å². The van der Waals surface area contributed by atoms with E-state index in [0.29, 0.717) is 23.7 Å². The van der Waals surface area contributed by atoms with Crippen LogP contribution in [0.5, 0.6) is 5.75 Å². The van der Waals surface area contributed by atoms with E-state index >= 15 is 0 Å². The zero-order valence-electron chi connectivity index (χ0n) is 18.2. The number of nitrogens with zero attached hydrogens (tertiary/aromatic N) is 2. The molecular weight excluding hydrogens is 430 g/mol. The molecule has 32 heavy (non-hydrogen) atoms. The summed E-state index contributed by atoms with van der Waals surface area (Å²) in [6.45, 7) is 6.43. The first-order valence-corrected chi connectivity index (χ1v) is 11.2. The van der Waals surface area contributed by atoms with Gasteiger partial charge >= 0.3 is 5.97 Å². The molecule has 1 aromatic heterocycles. The summed E-state index contributed by atoms with van der Waals surface area (Å²) in [5.41, 5.74) is 3.09. The van der Waals surface area contributed by atoms with Gasteiger partial charge in [0.25, 0.3) is 11.1 Å². The Morgan fingerprint density at radius 3 is 2.75 bits per heavy atom. The van der Waals surface area contributed by atoms with Gasteiger partial charge in [-0.1, -0.05) is 36.9 Å². The first kappa shape index (κ1) is 23.3. The summed E-state index contributed by atoms with van der Waals surface area (Å²) in [5, 5.41) is 10.9.